The molecule has 0 unspecified atom stereocenters. The normalized spacial score (nSPS) is 14.9. The first-order chi connectivity index (χ1) is 26.3. The van der Waals surface area contributed by atoms with Crippen LogP contribution in [0.5, 0.6) is 0 Å². The third-order valence-electron chi connectivity index (χ3n) is 8.51. The molecule has 1 heterocycles. The minimum Gasteiger partial charge on any atom is -0.445 e. The van der Waals surface area contributed by atoms with E-state index >= 15 is 0 Å². The highest BCUT2D eigenvalue weighted by Crippen LogP contribution is 2.12. The summed E-state index contributed by atoms with van der Waals surface area (Å²) in [5, 5.41) is 11.9. The Morgan fingerprint density at radius 3 is 1.93 bits per heavy atom. The highest BCUT2D eigenvalue weighted by molar-refractivity contribution is 5.94. The second kappa shape index (κ2) is 23.1. The molecule has 0 aromatic heterocycles. The summed E-state index contributed by atoms with van der Waals surface area (Å²) in [7, 11) is 0. The van der Waals surface area contributed by atoms with Crippen LogP contribution < -0.4 is 32.7 Å². The fraction of sp³-hybridized carbons (Fsp3) is 0.462. The van der Waals surface area contributed by atoms with Gasteiger partial charge >= 0.3 is 6.09 Å². The average molecular weight is 764 g/mol. The van der Waals surface area contributed by atoms with Crippen LogP contribution in [0.2, 0.25) is 0 Å². The van der Waals surface area contributed by atoms with Crippen molar-refractivity contribution in [3.63, 3.8) is 0 Å². The highest BCUT2D eigenvalue weighted by Gasteiger charge is 2.31. The third-order valence-corrected chi connectivity index (χ3v) is 8.51. The summed E-state index contributed by atoms with van der Waals surface area (Å²) in [5.41, 5.74) is 12.2. The molecule has 0 spiro atoms. The Morgan fingerprint density at radius 1 is 0.745 bits per heavy atom. The van der Waals surface area contributed by atoms with Gasteiger partial charge in [-0.1, -0.05) is 80.6 Å². The van der Waals surface area contributed by atoms with Gasteiger partial charge in [-0.25, -0.2) is 9.86 Å². The Hall–Kier alpha value is -5.77. The number of nitrogens with two attached hydrogens (primary N) is 2. The maximum Gasteiger partial charge on any atom is 0.408 e. The summed E-state index contributed by atoms with van der Waals surface area (Å²) in [6.07, 6.45) is 3.07. The zero-order valence-corrected chi connectivity index (χ0v) is 31.4. The number of nitrogens with zero attached hydrogens (tertiary/aromatic N) is 1. The molecule has 3 rings (SSSR count). The van der Waals surface area contributed by atoms with Crippen molar-refractivity contribution >= 4 is 41.5 Å². The van der Waals surface area contributed by atoms with Gasteiger partial charge in [0, 0.05) is 37.9 Å². The number of primary amides is 2. The van der Waals surface area contributed by atoms with Crippen molar-refractivity contribution < 1.29 is 43.1 Å². The molecular weight excluding hydrogens is 710 g/mol. The van der Waals surface area contributed by atoms with Crippen LogP contribution in [0.4, 0.5) is 4.79 Å². The van der Waals surface area contributed by atoms with Gasteiger partial charge in [0.1, 0.15) is 24.7 Å². The Balaban J connectivity index is 1.80. The van der Waals surface area contributed by atoms with Crippen LogP contribution in [0.1, 0.15) is 69.9 Å². The molecule has 0 bridgehead atoms. The second-order valence-electron chi connectivity index (χ2n) is 13.7. The molecule has 0 radical (unpaired) electrons. The summed E-state index contributed by atoms with van der Waals surface area (Å²) in [6, 6.07) is 13.4. The van der Waals surface area contributed by atoms with E-state index in [1.807, 2.05) is 19.9 Å². The van der Waals surface area contributed by atoms with Gasteiger partial charge < -0.3 is 37.5 Å². The second-order valence-corrected chi connectivity index (χ2v) is 13.7. The molecule has 16 nitrogen and oxygen atoms in total. The fourth-order valence-corrected chi connectivity index (χ4v) is 5.62. The molecular formula is C39H53N7O9. The molecule has 8 N–H and O–H groups in total. The first-order valence-electron chi connectivity index (χ1n) is 18.4. The highest BCUT2D eigenvalue weighted by atomic mass is 16.7. The number of hydrogen-bond donors (Lipinski definition) is 6. The zero-order valence-electron chi connectivity index (χ0n) is 31.4. The number of nitrogens with one attached hydrogen (secondary N) is 4. The number of carbonyl (C=O) groups excluding carboxylic acids is 7. The van der Waals surface area contributed by atoms with E-state index in [0.29, 0.717) is 18.7 Å². The van der Waals surface area contributed by atoms with Gasteiger partial charge in [0.25, 0.3) is 5.91 Å². The molecule has 4 atom stereocenters. The average Bonchev–Trinajstić information content (AvgIpc) is 3.16. The quantitative estimate of drug-likeness (QED) is 0.101. The predicted molar refractivity (Wildman–Crippen MR) is 202 cm³/mol. The van der Waals surface area contributed by atoms with Crippen molar-refractivity contribution in [2.75, 3.05) is 13.2 Å². The standard InChI is InChI=1S/C39H53N7O9/c1-26(2)23-31(45-39(53)54-25-28-13-7-4-8-14-28)37(51)44-32(24-27-11-5-3-6-12-27)38(52)43-30(17-19-34(41)48)36(50)42-29(15-18-33(40)47)16-20-35(49)46-21-9-10-22-55-46/h3-8,11-14,16,20,26,29-32H,9-10,15,17-19,21-25H2,1-2H3,(H2,40,47)(H2,41,48)(H,42,50)(H,43,52)(H,44,51)(H,45,53)/b20-16+/t29-,30-,31-,32-/m0/s1. The molecule has 298 valence electrons. The van der Waals surface area contributed by atoms with Crippen molar-refractivity contribution in [3.05, 3.63) is 83.9 Å². The van der Waals surface area contributed by atoms with Crippen molar-refractivity contribution in [2.45, 2.75) is 96.0 Å². The van der Waals surface area contributed by atoms with E-state index in [-0.39, 0.29) is 51.0 Å². The fourth-order valence-electron chi connectivity index (χ4n) is 5.62. The molecule has 1 aliphatic rings. The minimum absolute atomic E-state index is 0.0140. The number of alkyl carbamates (subject to hydrolysis) is 1. The lowest BCUT2D eigenvalue weighted by Gasteiger charge is -2.27. The van der Waals surface area contributed by atoms with Crippen LogP contribution in [-0.2, 0) is 51.4 Å². The van der Waals surface area contributed by atoms with E-state index in [2.05, 4.69) is 21.3 Å². The molecule has 1 fully saturated rings. The topological polar surface area (TPSA) is 241 Å². The number of hydrogen-bond acceptors (Lipinski definition) is 9. The van der Waals surface area contributed by atoms with E-state index in [0.717, 1.165) is 18.4 Å². The molecule has 55 heavy (non-hydrogen) atoms. The molecule has 0 aliphatic carbocycles. The molecule has 2 aromatic carbocycles. The van der Waals surface area contributed by atoms with Crippen LogP contribution in [0.25, 0.3) is 0 Å². The summed E-state index contributed by atoms with van der Waals surface area (Å²) < 4.78 is 5.34. The van der Waals surface area contributed by atoms with E-state index in [1.165, 1.54) is 17.2 Å². The van der Waals surface area contributed by atoms with Crippen LogP contribution in [-0.4, -0.2) is 83.9 Å². The Kier molecular flexibility index (Phi) is 18.3. The van der Waals surface area contributed by atoms with Crippen LogP contribution in [0.15, 0.2) is 72.8 Å². The molecule has 1 aliphatic heterocycles. The van der Waals surface area contributed by atoms with Crippen molar-refractivity contribution in [3.8, 4) is 0 Å². The minimum atomic E-state index is -1.32. The number of benzene rings is 2. The van der Waals surface area contributed by atoms with Gasteiger partial charge in [-0.3, -0.25) is 33.6 Å². The van der Waals surface area contributed by atoms with Crippen LogP contribution >= 0.6 is 0 Å². The van der Waals surface area contributed by atoms with Gasteiger partial charge in [-0.2, -0.15) is 0 Å². The Labute approximate surface area is 321 Å². The van der Waals surface area contributed by atoms with E-state index in [1.54, 1.807) is 54.6 Å². The lowest BCUT2D eigenvalue weighted by Crippen LogP contribution is -2.58. The van der Waals surface area contributed by atoms with E-state index in [9.17, 15) is 33.6 Å². The predicted octanol–water partition coefficient (Wildman–Crippen LogP) is 1.67. The zero-order chi connectivity index (χ0) is 40.2. The number of hydroxylamine groups is 2. The van der Waals surface area contributed by atoms with Crippen molar-refractivity contribution in [1.29, 1.82) is 0 Å². The number of amides is 7. The van der Waals surface area contributed by atoms with Crippen LogP contribution in [0.3, 0.4) is 0 Å². The van der Waals surface area contributed by atoms with Gasteiger partial charge in [0.15, 0.2) is 0 Å². The number of carbonyl (C=O) groups is 7. The maximum absolute atomic E-state index is 14.0. The first kappa shape index (κ1) is 43.6. The maximum atomic E-state index is 14.0. The van der Waals surface area contributed by atoms with Crippen molar-refractivity contribution in [2.24, 2.45) is 17.4 Å². The molecule has 16 heteroatoms. The largest absolute Gasteiger partial charge is 0.445 e. The van der Waals surface area contributed by atoms with Crippen molar-refractivity contribution in [1.82, 2.24) is 26.3 Å². The lowest BCUT2D eigenvalue weighted by atomic mass is 10.0. The third kappa shape index (κ3) is 16.8. The summed E-state index contributed by atoms with van der Waals surface area (Å²) in [6.45, 7) is 4.52. The lowest BCUT2D eigenvalue weighted by molar-refractivity contribution is -0.191. The van der Waals surface area contributed by atoms with Gasteiger partial charge in [0.05, 0.1) is 6.61 Å². The van der Waals surface area contributed by atoms with Gasteiger partial charge in [-0.15, -0.1) is 0 Å². The molecule has 1 saturated heterocycles. The van der Waals surface area contributed by atoms with Gasteiger partial charge in [-0.05, 0) is 49.1 Å². The van der Waals surface area contributed by atoms with Crippen LogP contribution in [0, 0.1) is 5.92 Å². The number of ether oxygens (including phenoxy) is 1. The van der Waals surface area contributed by atoms with E-state index in [4.69, 9.17) is 21.0 Å². The smallest absolute Gasteiger partial charge is 0.408 e. The number of rotatable bonds is 21. The Morgan fingerprint density at radius 2 is 1.33 bits per heavy atom. The summed E-state index contributed by atoms with van der Waals surface area (Å²) in [5.74, 6) is -3.98. The van der Waals surface area contributed by atoms with E-state index < -0.39 is 65.7 Å². The Bertz CT molecular complexity index is 1620. The first-order valence-corrected chi connectivity index (χ1v) is 18.4. The van der Waals surface area contributed by atoms with Gasteiger partial charge in [0.2, 0.25) is 29.5 Å². The molecule has 2 aromatic rings. The monoisotopic (exact) mass is 763 g/mol. The summed E-state index contributed by atoms with van der Waals surface area (Å²) >= 11 is 0. The molecule has 0 saturated carbocycles. The molecule has 7 amide bonds. The SMILES string of the molecule is CC(C)C[C@H](NC(=O)OCc1ccccc1)C(=O)N[C@@H](Cc1ccccc1)C(=O)N[C@@H](CCC(N)=O)C(=O)N[C@H](/C=C/C(=O)N1CCCCO1)CCC(N)=O. The summed E-state index contributed by atoms with van der Waals surface area (Å²) in [4.78, 5) is 95.7.